The van der Waals surface area contributed by atoms with E-state index in [0.717, 1.165) is 43.1 Å². The Morgan fingerprint density at radius 2 is 1.74 bits per heavy atom. The number of aromatic nitrogens is 1. The molecule has 4 nitrogen and oxygen atoms in total. The first-order chi connectivity index (χ1) is 15.2. The van der Waals surface area contributed by atoms with Gasteiger partial charge in [0.15, 0.2) is 0 Å². The van der Waals surface area contributed by atoms with E-state index in [0.29, 0.717) is 0 Å². The van der Waals surface area contributed by atoms with Crippen LogP contribution in [-0.4, -0.2) is 30.1 Å². The second kappa shape index (κ2) is 10.4. The molecule has 0 radical (unpaired) electrons. The van der Waals surface area contributed by atoms with E-state index in [4.69, 9.17) is 0 Å². The van der Waals surface area contributed by atoms with Gasteiger partial charge < -0.3 is 14.8 Å². The molecule has 168 valence electrons. The Morgan fingerprint density at radius 3 is 2.42 bits per heavy atom. The Hall–Kier alpha value is -2.23. The van der Waals surface area contributed by atoms with Crippen LogP contribution in [0.5, 0.6) is 0 Å². The molecule has 2 heterocycles. The fourth-order valence-corrected chi connectivity index (χ4v) is 5.27. The summed E-state index contributed by atoms with van der Waals surface area (Å²) < 4.78 is 2.43. The number of hydrogen-bond acceptors (Lipinski definition) is 2. The number of nitrogens with one attached hydrogen (secondary N) is 1. The van der Waals surface area contributed by atoms with Crippen LogP contribution in [0.1, 0.15) is 80.8 Å². The van der Waals surface area contributed by atoms with E-state index in [-0.39, 0.29) is 5.91 Å². The second-order valence-electron chi connectivity index (χ2n) is 9.49. The molecule has 0 unspecified atom stereocenters. The van der Waals surface area contributed by atoms with E-state index < -0.39 is 0 Å². The van der Waals surface area contributed by atoms with Crippen LogP contribution in [0.25, 0.3) is 11.3 Å². The summed E-state index contributed by atoms with van der Waals surface area (Å²) >= 11 is 0. The lowest BCUT2D eigenvalue weighted by Gasteiger charge is -2.24. The van der Waals surface area contributed by atoms with Crippen molar-refractivity contribution in [1.82, 2.24) is 9.88 Å². The summed E-state index contributed by atoms with van der Waals surface area (Å²) in [5.41, 5.74) is 5.68. The summed E-state index contributed by atoms with van der Waals surface area (Å²) in [6.07, 6.45) is 11.4. The second-order valence-corrected chi connectivity index (χ2v) is 9.49. The molecule has 0 spiro atoms. The van der Waals surface area contributed by atoms with E-state index in [1.807, 2.05) is 0 Å². The molecule has 1 saturated carbocycles. The van der Waals surface area contributed by atoms with E-state index >= 15 is 0 Å². The number of rotatable bonds is 8. The molecule has 4 rings (SSSR count). The first-order valence-corrected chi connectivity index (χ1v) is 12.5. The van der Waals surface area contributed by atoms with Gasteiger partial charge in [-0.2, -0.15) is 0 Å². The van der Waals surface area contributed by atoms with Crippen LogP contribution < -0.4 is 10.2 Å². The summed E-state index contributed by atoms with van der Waals surface area (Å²) in [6.45, 7) is 8.39. The van der Waals surface area contributed by atoms with E-state index in [9.17, 15) is 4.79 Å². The van der Waals surface area contributed by atoms with Gasteiger partial charge in [-0.3, -0.25) is 4.79 Å². The number of anilines is 1. The Labute approximate surface area is 188 Å². The first kappa shape index (κ1) is 22.0. The smallest absolute Gasteiger partial charge is 0.253 e. The quantitative estimate of drug-likeness (QED) is 0.517. The van der Waals surface area contributed by atoms with Gasteiger partial charge >= 0.3 is 0 Å². The number of hydrogen-bond donors (Lipinski definition) is 1. The average Bonchev–Trinajstić information content (AvgIpc) is 3.44. The summed E-state index contributed by atoms with van der Waals surface area (Å²) in [6, 6.07) is 11.1. The number of amides is 1. The fraction of sp³-hybridized carbons (Fsp3) is 0.593. The molecule has 4 heteroatoms. The molecule has 31 heavy (non-hydrogen) atoms. The van der Waals surface area contributed by atoms with Gasteiger partial charge in [0.25, 0.3) is 5.91 Å². The highest BCUT2D eigenvalue weighted by Gasteiger charge is 2.22. The summed E-state index contributed by atoms with van der Waals surface area (Å²) in [4.78, 5) is 15.4. The molecule has 2 aromatic rings. The molecule has 1 amide bonds. The maximum Gasteiger partial charge on any atom is 0.253 e. The molecule has 1 aliphatic carbocycles. The number of carbonyl (C=O) groups excluding carboxylic acids is 1. The molecular weight excluding hydrogens is 382 g/mol. The van der Waals surface area contributed by atoms with Crippen molar-refractivity contribution in [2.75, 3.05) is 24.5 Å². The van der Waals surface area contributed by atoms with Crippen LogP contribution in [0.2, 0.25) is 0 Å². The van der Waals surface area contributed by atoms with Crippen molar-refractivity contribution in [1.29, 1.82) is 0 Å². The van der Waals surface area contributed by atoms with E-state index in [2.05, 4.69) is 59.0 Å². The highest BCUT2D eigenvalue weighted by molar-refractivity contribution is 5.97. The van der Waals surface area contributed by atoms with Gasteiger partial charge in [0.2, 0.25) is 0 Å². The van der Waals surface area contributed by atoms with Crippen molar-refractivity contribution in [2.45, 2.75) is 78.2 Å². The zero-order valence-electron chi connectivity index (χ0n) is 19.5. The molecule has 2 fully saturated rings. The molecule has 0 bridgehead atoms. The fourth-order valence-electron chi connectivity index (χ4n) is 5.27. The van der Waals surface area contributed by atoms with Crippen LogP contribution in [-0.2, 0) is 6.54 Å². The van der Waals surface area contributed by atoms with Crippen molar-refractivity contribution in [3.8, 4) is 11.3 Å². The molecule has 2 aliphatic rings. The van der Waals surface area contributed by atoms with Gasteiger partial charge in [0.05, 0.1) is 5.56 Å². The Morgan fingerprint density at radius 1 is 1.03 bits per heavy atom. The largest absolute Gasteiger partial charge is 0.372 e. The minimum absolute atomic E-state index is 0.0725. The van der Waals surface area contributed by atoms with E-state index in [1.54, 1.807) is 0 Å². The van der Waals surface area contributed by atoms with E-state index in [1.165, 1.54) is 75.0 Å². The van der Waals surface area contributed by atoms with Gasteiger partial charge in [-0.15, -0.1) is 0 Å². The third-order valence-electron chi connectivity index (χ3n) is 7.23. The van der Waals surface area contributed by atoms with Crippen molar-refractivity contribution in [3.63, 3.8) is 0 Å². The summed E-state index contributed by atoms with van der Waals surface area (Å²) in [5.74, 6) is 0.793. The van der Waals surface area contributed by atoms with Gasteiger partial charge in [-0.25, -0.2) is 0 Å². The Kier molecular flexibility index (Phi) is 7.37. The first-order valence-electron chi connectivity index (χ1n) is 12.5. The Bertz CT molecular complexity index is 855. The molecular formula is C27H39N3O. The van der Waals surface area contributed by atoms with Crippen LogP contribution in [0.3, 0.4) is 0 Å². The molecule has 0 atom stereocenters. The van der Waals surface area contributed by atoms with Crippen LogP contribution in [0.15, 0.2) is 30.3 Å². The zero-order valence-corrected chi connectivity index (χ0v) is 19.5. The van der Waals surface area contributed by atoms with Crippen molar-refractivity contribution >= 4 is 11.6 Å². The molecule has 1 aromatic carbocycles. The highest BCUT2D eigenvalue weighted by atomic mass is 16.1. The van der Waals surface area contributed by atoms with Crippen LogP contribution in [0.4, 0.5) is 5.69 Å². The van der Waals surface area contributed by atoms with Gasteiger partial charge in [-0.05, 0) is 68.7 Å². The third-order valence-corrected chi connectivity index (χ3v) is 7.23. The maximum atomic E-state index is 12.9. The van der Waals surface area contributed by atoms with Gasteiger partial charge in [0, 0.05) is 43.3 Å². The lowest BCUT2D eigenvalue weighted by Crippen LogP contribution is -2.25. The topological polar surface area (TPSA) is 37.3 Å². The predicted octanol–water partition coefficient (Wildman–Crippen LogP) is 6.17. The zero-order chi connectivity index (χ0) is 21.6. The molecule has 1 saturated heterocycles. The van der Waals surface area contributed by atoms with Crippen LogP contribution >= 0.6 is 0 Å². The van der Waals surface area contributed by atoms with Gasteiger partial charge in [-0.1, -0.05) is 44.7 Å². The molecule has 1 aliphatic heterocycles. The minimum Gasteiger partial charge on any atom is -0.372 e. The van der Waals surface area contributed by atoms with Gasteiger partial charge in [0.1, 0.15) is 0 Å². The maximum absolute atomic E-state index is 12.9. The number of unbranched alkanes of at least 4 members (excludes halogenated alkanes) is 1. The molecule has 1 N–H and O–H groups in total. The predicted molar refractivity (Wildman–Crippen MR) is 130 cm³/mol. The standard InChI is InChI=1S/C27H39N3O/c1-3-4-16-28-27(31)25-19-26(30(21(25)2)20-22-10-6-5-7-11-22)23-12-14-24(15-13-23)29-17-8-9-18-29/h12-15,19,22H,3-11,16-18,20H2,1-2H3,(H,28,31). The summed E-state index contributed by atoms with van der Waals surface area (Å²) in [7, 11) is 0. The van der Waals surface area contributed by atoms with Crippen molar-refractivity contribution < 1.29 is 4.79 Å². The lowest BCUT2D eigenvalue weighted by molar-refractivity contribution is 0.0952. The normalized spacial score (nSPS) is 17.3. The molecule has 1 aromatic heterocycles. The minimum atomic E-state index is 0.0725. The van der Waals surface area contributed by atoms with Crippen molar-refractivity contribution in [2.24, 2.45) is 5.92 Å². The summed E-state index contributed by atoms with van der Waals surface area (Å²) in [5, 5.41) is 3.12. The lowest BCUT2D eigenvalue weighted by atomic mass is 9.89. The number of nitrogens with zero attached hydrogens (tertiary/aromatic N) is 2. The third kappa shape index (κ3) is 5.16. The van der Waals surface area contributed by atoms with Crippen molar-refractivity contribution in [3.05, 3.63) is 41.6 Å². The number of carbonyl (C=O) groups is 1. The monoisotopic (exact) mass is 421 g/mol. The number of benzene rings is 1. The SMILES string of the molecule is CCCCNC(=O)c1cc(-c2ccc(N3CCCC3)cc2)n(CC2CCCCC2)c1C. The average molecular weight is 422 g/mol. The Balaban J connectivity index is 1.62. The highest BCUT2D eigenvalue weighted by Crippen LogP contribution is 2.32. The van der Waals surface area contributed by atoms with Crippen LogP contribution in [0, 0.1) is 12.8 Å².